The zero-order valence-corrected chi connectivity index (χ0v) is 13.8. The number of para-hydroxylation sites is 2. The number of benzene rings is 1. The minimum Gasteiger partial charge on any atom is -0.470 e. The van der Waals surface area contributed by atoms with Gasteiger partial charge in [0.25, 0.3) is 0 Å². The topological polar surface area (TPSA) is 51.1 Å². The van der Waals surface area contributed by atoms with Gasteiger partial charge in [-0.3, -0.25) is 0 Å². The van der Waals surface area contributed by atoms with Crippen molar-refractivity contribution in [2.45, 2.75) is 26.4 Å². The third-order valence-electron chi connectivity index (χ3n) is 4.28. The van der Waals surface area contributed by atoms with Crippen LogP contribution >= 0.6 is 0 Å². The number of rotatable bonds is 4. The van der Waals surface area contributed by atoms with E-state index in [1.807, 2.05) is 43.3 Å². The lowest BCUT2D eigenvalue weighted by Crippen LogP contribution is -2.19. The Morgan fingerprint density at radius 2 is 1.67 bits per heavy atom. The molecule has 1 fully saturated rings. The summed E-state index contributed by atoms with van der Waals surface area (Å²) >= 11 is 0. The molecular weight excluding hydrogens is 300 g/mol. The van der Waals surface area contributed by atoms with Crippen LogP contribution in [0.3, 0.4) is 0 Å². The van der Waals surface area contributed by atoms with Crippen LogP contribution in [0.5, 0.6) is 5.88 Å². The van der Waals surface area contributed by atoms with Gasteiger partial charge >= 0.3 is 0 Å². The molecule has 24 heavy (non-hydrogen) atoms. The van der Waals surface area contributed by atoms with Gasteiger partial charge in [-0.05, 0) is 44.0 Å². The molecule has 1 saturated heterocycles. The molecule has 5 nitrogen and oxygen atoms in total. The molecule has 0 bridgehead atoms. The number of hydrogen-bond acceptors (Lipinski definition) is 5. The first-order valence-electron chi connectivity index (χ1n) is 8.37. The smallest absolute Gasteiger partial charge is 0.236 e. The SMILES string of the molecule is Cc1nc2ccccc2nc1OCc1cccc(N2CCCC2)n1. The standard InChI is InChI=1S/C19H20N4O/c1-14-19(22-17-9-3-2-8-16(17)20-14)24-13-15-7-6-10-18(21-15)23-11-4-5-12-23/h2-3,6-10H,4-5,11-13H2,1H3. The predicted octanol–water partition coefficient (Wildman–Crippen LogP) is 3.51. The highest BCUT2D eigenvalue weighted by atomic mass is 16.5. The Bertz CT molecular complexity index is 859. The summed E-state index contributed by atoms with van der Waals surface area (Å²) in [5.41, 5.74) is 3.44. The molecule has 1 aliphatic heterocycles. The van der Waals surface area contributed by atoms with Crippen molar-refractivity contribution in [2.75, 3.05) is 18.0 Å². The lowest BCUT2D eigenvalue weighted by Gasteiger charge is -2.17. The van der Waals surface area contributed by atoms with Crippen LogP contribution in [0.15, 0.2) is 42.5 Å². The van der Waals surface area contributed by atoms with Gasteiger partial charge in [0.15, 0.2) is 0 Å². The number of fused-ring (bicyclic) bond motifs is 1. The van der Waals surface area contributed by atoms with Gasteiger partial charge in [-0.25, -0.2) is 15.0 Å². The molecule has 0 radical (unpaired) electrons. The molecule has 0 atom stereocenters. The normalized spacial score (nSPS) is 14.3. The second-order valence-electron chi connectivity index (χ2n) is 6.07. The molecule has 1 aliphatic rings. The van der Waals surface area contributed by atoms with Crippen molar-refractivity contribution in [3.63, 3.8) is 0 Å². The largest absolute Gasteiger partial charge is 0.470 e. The van der Waals surface area contributed by atoms with Gasteiger partial charge in [0.1, 0.15) is 18.1 Å². The summed E-state index contributed by atoms with van der Waals surface area (Å²) in [5.74, 6) is 1.61. The summed E-state index contributed by atoms with van der Waals surface area (Å²) in [4.78, 5) is 16.2. The highest BCUT2D eigenvalue weighted by Crippen LogP contribution is 2.20. The summed E-state index contributed by atoms with van der Waals surface area (Å²) in [6.45, 7) is 4.50. The van der Waals surface area contributed by atoms with E-state index < -0.39 is 0 Å². The van der Waals surface area contributed by atoms with E-state index in [0.717, 1.165) is 41.3 Å². The molecule has 5 heteroatoms. The Balaban J connectivity index is 1.52. The zero-order chi connectivity index (χ0) is 16.4. The lowest BCUT2D eigenvalue weighted by atomic mass is 10.3. The van der Waals surface area contributed by atoms with Gasteiger partial charge in [0, 0.05) is 13.1 Å². The minimum atomic E-state index is 0.398. The van der Waals surface area contributed by atoms with Crippen molar-refractivity contribution in [3.05, 3.63) is 53.9 Å². The van der Waals surface area contributed by atoms with Crippen molar-refractivity contribution in [1.29, 1.82) is 0 Å². The summed E-state index contributed by atoms with van der Waals surface area (Å²) in [6.07, 6.45) is 2.49. The average Bonchev–Trinajstić information content (AvgIpc) is 3.15. The molecule has 0 saturated carbocycles. The molecule has 122 valence electrons. The summed E-state index contributed by atoms with van der Waals surface area (Å²) in [5, 5.41) is 0. The Kier molecular flexibility index (Phi) is 3.99. The molecular formula is C19H20N4O. The Labute approximate surface area is 141 Å². The van der Waals surface area contributed by atoms with E-state index in [9.17, 15) is 0 Å². The third kappa shape index (κ3) is 3.02. The highest BCUT2D eigenvalue weighted by molar-refractivity contribution is 5.74. The summed E-state index contributed by atoms with van der Waals surface area (Å²) < 4.78 is 5.89. The quantitative estimate of drug-likeness (QED) is 0.736. The van der Waals surface area contributed by atoms with E-state index in [0.29, 0.717) is 12.5 Å². The van der Waals surface area contributed by atoms with Gasteiger partial charge < -0.3 is 9.64 Å². The van der Waals surface area contributed by atoms with Crippen LogP contribution < -0.4 is 9.64 Å². The van der Waals surface area contributed by atoms with Crippen LogP contribution in [0, 0.1) is 6.92 Å². The molecule has 0 spiro atoms. The maximum atomic E-state index is 5.89. The van der Waals surface area contributed by atoms with Crippen LogP contribution in [0.1, 0.15) is 24.2 Å². The number of hydrogen-bond donors (Lipinski definition) is 0. The molecule has 0 unspecified atom stereocenters. The number of nitrogens with zero attached hydrogens (tertiary/aromatic N) is 4. The lowest BCUT2D eigenvalue weighted by molar-refractivity contribution is 0.287. The molecule has 1 aromatic carbocycles. The van der Waals surface area contributed by atoms with Crippen LogP contribution in [-0.4, -0.2) is 28.0 Å². The minimum absolute atomic E-state index is 0.398. The van der Waals surface area contributed by atoms with Crippen molar-refractivity contribution in [1.82, 2.24) is 15.0 Å². The van der Waals surface area contributed by atoms with Gasteiger partial charge in [0.05, 0.1) is 16.7 Å². The van der Waals surface area contributed by atoms with Gasteiger partial charge in [0.2, 0.25) is 5.88 Å². The Morgan fingerprint density at radius 1 is 0.917 bits per heavy atom. The molecule has 2 aromatic heterocycles. The van der Waals surface area contributed by atoms with Crippen molar-refractivity contribution in [2.24, 2.45) is 0 Å². The molecule has 3 aromatic rings. The van der Waals surface area contributed by atoms with Crippen molar-refractivity contribution >= 4 is 16.9 Å². The number of ether oxygens (including phenoxy) is 1. The van der Waals surface area contributed by atoms with E-state index in [2.05, 4.69) is 20.9 Å². The Hall–Kier alpha value is -2.69. The molecule has 0 amide bonds. The second kappa shape index (κ2) is 6.43. The van der Waals surface area contributed by atoms with E-state index in [1.54, 1.807) is 0 Å². The van der Waals surface area contributed by atoms with Crippen molar-refractivity contribution in [3.8, 4) is 5.88 Å². The maximum absolute atomic E-state index is 5.89. The van der Waals surface area contributed by atoms with Crippen LogP contribution in [0.25, 0.3) is 11.0 Å². The van der Waals surface area contributed by atoms with E-state index in [1.165, 1.54) is 12.8 Å². The number of pyridine rings is 1. The third-order valence-corrected chi connectivity index (χ3v) is 4.28. The number of aryl methyl sites for hydroxylation is 1. The van der Waals surface area contributed by atoms with Crippen LogP contribution in [0.4, 0.5) is 5.82 Å². The maximum Gasteiger partial charge on any atom is 0.236 e. The van der Waals surface area contributed by atoms with Crippen LogP contribution in [0.2, 0.25) is 0 Å². The van der Waals surface area contributed by atoms with Gasteiger partial charge in [-0.1, -0.05) is 18.2 Å². The molecule has 0 aliphatic carbocycles. The number of aromatic nitrogens is 3. The Morgan fingerprint density at radius 3 is 2.46 bits per heavy atom. The van der Waals surface area contributed by atoms with E-state index in [4.69, 9.17) is 9.72 Å². The summed E-state index contributed by atoms with van der Waals surface area (Å²) in [7, 11) is 0. The van der Waals surface area contributed by atoms with Crippen molar-refractivity contribution < 1.29 is 4.74 Å². The molecule has 3 heterocycles. The van der Waals surface area contributed by atoms with Gasteiger partial charge in [-0.15, -0.1) is 0 Å². The monoisotopic (exact) mass is 320 g/mol. The van der Waals surface area contributed by atoms with Gasteiger partial charge in [-0.2, -0.15) is 0 Å². The first kappa shape index (κ1) is 14.9. The van der Waals surface area contributed by atoms with E-state index >= 15 is 0 Å². The highest BCUT2D eigenvalue weighted by Gasteiger charge is 2.14. The second-order valence-corrected chi connectivity index (χ2v) is 6.07. The first-order chi connectivity index (χ1) is 11.8. The predicted molar refractivity (Wildman–Crippen MR) is 94.3 cm³/mol. The van der Waals surface area contributed by atoms with Crippen LogP contribution in [-0.2, 0) is 6.61 Å². The fourth-order valence-electron chi connectivity index (χ4n) is 3.02. The average molecular weight is 320 g/mol. The first-order valence-corrected chi connectivity index (χ1v) is 8.37. The molecule has 4 rings (SSSR count). The fourth-order valence-corrected chi connectivity index (χ4v) is 3.02. The fraction of sp³-hybridized carbons (Fsp3) is 0.316. The molecule has 0 N–H and O–H groups in total. The number of anilines is 1. The zero-order valence-electron chi connectivity index (χ0n) is 13.8. The van der Waals surface area contributed by atoms with E-state index in [-0.39, 0.29) is 0 Å². The summed E-state index contributed by atoms with van der Waals surface area (Å²) in [6, 6.07) is 13.9.